The van der Waals surface area contributed by atoms with E-state index in [1.54, 1.807) is 0 Å². The Morgan fingerprint density at radius 3 is 2.39 bits per heavy atom. The summed E-state index contributed by atoms with van der Waals surface area (Å²) in [6.07, 6.45) is 0.867. The van der Waals surface area contributed by atoms with E-state index in [9.17, 15) is 0 Å². The molecule has 2 aromatic carbocycles. The van der Waals surface area contributed by atoms with Crippen LogP contribution >= 0.6 is 27.5 Å². The minimum Gasteiger partial charge on any atom is -0.494 e. The van der Waals surface area contributed by atoms with E-state index in [0.29, 0.717) is 6.61 Å². The van der Waals surface area contributed by atoms with Gasteiger partial charge in [-0.3, -0.25) is 0 Å². The van der Waals surface area contributed by atoms with Gasteiger partial charge < -0.3 is 4.74 Å². The van der Waals surface area contributed by atoms with Crippen LogP contribution in [0.5, 0.6) is 5.75 Å². The Kier molecular flexibility index (Phi) is 4.67. The standard InChI is InChI=1S/C15H14BrClO/c1-2-18-15-5-3-11(4-6-15)7-12-8-13(16)10-14(17)9-12/h3-6,8-10H,2,7H2,1H3. The third kappa shape index (κ3) is 3.76. The van der Waals surface area contributed by atoms with Gasteiger partial charge in [-0.05, 0) is 54.8 Å². The summed E-state index contributed by atoms with van der Waals surface area (Å²) in [5, 5.41) is 0.755. The Balaban J connectivity index is 2.13. The van der Waals surface area contributed by atoms with Crippen molar-refractivity contribution in [3.8, 4) is 5.75 Å². The summed E-state index contributed by atoms with van der Waals surface area (Å²) in [4.78, 5) is 0. The summed E-state index contributed by atoms with van der Waals surface area (Å²) >= 11 is 9.49. The molecule has 0 aliphatic carbocycles. The highest BCUT2D eigenvalue weighted by atomic mass is 79.9. The number of hydrogen-bond acceptors (Lipinski definition) is 1. The summed E-state index contributed by atoms with van der Waals surface area (Å²) < 4.78 is 6.43. The van der Waals surface area contributed by atoms with Gasteiger partial charge in [0, 0.05) is 9.50 Å². The largest absolute Gasteiger partial charge is 0.494 e. The summed E-state index contributed by atoms with van der Waals surface area (Å²) in [6, 6.07) is 14.1. The molecule has 0 heterocycles. The van der Waals surface area contributed by atoms with Gasteiger partial charge in [0.2, 0.25) is 0 Å². The van der Waals surface area contributed by atoms with Crippen LogP contribution in [0.1, 0.15) is 18.1 Å². The van der Waals surface area contributed by atoms with Gasteiger partial charge in [-0.25, -0.2) is 0 Å². The van der Waals surface area contributed by atoms with E-state index in [2.05, 4.69) is 34.1 Å². The maximum Gasteiger partial charge on any atom is 0.119 e. The maximum absolute atomic E-state index is 6.03. The molecule has 0 fully saturated rings. The topological polar surface area (TPSA) is 9.23 Å². The van der Waals surface area contributed by atoms with Crippen LogP contribution in [0.3, 0.4) is 0 Å². The number of halogens is 2. The van der Waals surface area contributed by atoms with Gasteiger partial charge >= 0.3 is 0 Å². The smallest absolute Gasteiger partial charge is 0.119 e. The fourth-order valence-corrected chi connectivity index (χ4v) is 2.75. The summed E-state index contributed by atoms with van der Waals surface area (Å²) in [7, 11) is 0. The molecule has 0 aliphatic rings. The van der Waals surface area contributed by atoms with Crippen molar-refractivity contribution in [2.24, 2.45) is 0 Å². The minimum absolute atomic E-state index is 0.695. The van der Waals surface area contributed by atoms with Crippen molar-refractivity contribution in [3.05, 3.63) is 63.1 Å². The van der Waals surface area contributed by atoms with Crippen molar-refractivity contribution in [3.63, 3.8) is 0 Å². The predicted molar refractivity (Wildman–Crippen MR) is 79.6 cm³/mol. The quantitative estimate of drug-likeness (QED) is 0.760. The first-order valence-electron chi connectivity index (χ1n) is 5.84. The van der Waals surface area contributed by atoms with Crippen molar-refractivity contribution in [2.45, 2.75) is 13.3 Å². The molecule has 0 radical (unpaired) electrons. The van der Waals surface area contributed by atoms with E-state index in [1.165, 1.54) is 11.1 Å². The van der Waals surface area contributed by atoms with E-state index in [0.717, 1.165) is 21.7 Å². The van der Waals surface area contributed by atoms with E-state index >= 15 is 0 Å². The zero-order chi connectivity index (χ0) is 13.0. The Bertz CT molecular complexity index is 502. The molecule has 0 saturated heterocycles. The molecule has 0 amide bonds. The third-order valence-electron chi connectivity index (χ3n) is 2.56. The van der Waals surface area contributed by atoms with Gasteiger partial charge in [-0.15, -0.1) is 0 Å². The first-order chi connectivity index (χ1) is 8.67. The van der Waals surface area contributed by atoms with Gasteiger partial charge in [-0.2, -0.15) is 0 Å². The van der Waals surface area contributed by atoms with E-state index in [-0.39, 0.29) is 0 Å². The second kappa shape index (κ2) is 6.26. The van der Waals surface area contributed by atoms with Crippen molar-refractivity contribution in [2.75, 3.05) is 6.61 Å². The lowest BCUT2D eigenvalue weighted by Gasteiger charge is -2.06. The Labute approximate surface area is 121 Å². The lowest BCUT2D eigenvalue weighted by atomic mass is 10.1. The van der Waals surface area contributed by atoms with Crippen molar-refractivity contribution in [1.29, 1.82) is 0 Å². The highest BCUT2D eigenvalue weighted by molar-refractivity contribution is 9.10. The van der Waals surface area contributed by atoms with Crippen molar-refractivity contribution >= 4 is 27.5 Å². The summed E-state index contributed by atoms with van der Waals surface area (Å²) in [5.74, 6) is 0.911. The number of hydrogen-bond donors (Lipinski definition) is 0. The van der Waals surface area contributed by atoms with Gasteiger partial charge in [-0.1, -0.05) is 39.7 Å². The second-order valence-electron chi connectivity index (χ2n) is 4.03. The highest BCUT2D eigenvalue weighted by Gasteiger charge is 2.01. The number of ether oxygens (including phenoxy) is 1. The molecule has 0 saturated carbocycles. The molecule has 0 N–H and O–H groups in total. The molecule has 1 nitrogen and oxygen atoms in total. The molecule has 94 valence electrons. The lowest BCUT2D eigenvalue weighted by Crippen LogP contribution is -1.92. The first-order valence-corrected chi connectivity index (χ1v) is 7.01. The molecule has 0 aromatic heterocycles. The third-order valence-corrected chi connectivity index (χ3v) is 3.24. The zero-order valence-corrected chi connectivity index (χ0v) is 12.5. The van der Waals surface area contributed by atoms with Crippen LogP contribution in [0, 0.1) is 0 Å². The van der Waals surface area contributed by atoms with Gasteiger partial charge in [0.1, 0.15) is 5.75 Å². The fourth-order valence-electron chi connectivity index (χ4n) is 1.82. The molecular weight excluding hydrogens is 312 g/mol. The van der Waals surface area contributed by atoms with E-state index in [4.69, 9.17) is 16.3 Å². The maximum atomic E-state index is 6.03. The van der Waals surface area contributed by atoms with Crippen LogP contribution in [0.4, 0.5) is 0 Å². The molecular formula is C15H14BrClO. The monoisotopic (exact) mass is 324 g/mol. The SMILES string of the molecule is CCOc1ccc(Cc2cc(Cl)cc(Br)c2)cc1. The Morgan fingerprint density at radius 2 is 1.78 bits per heavy atom. The molecule has 3 heteroatoms. The van der Waals surface area contributed by atoms with E-state index < -0.39 is 0 Å². The highest BCUT2D eigenvalue weighted by Crippen LogP contribution is 2.22. The minimum atomic E-state index is 0.695. The van der Waals surface area contributed by atoms with Gasteiger partial charge in [0.05, 0.1) is 6.61 Å². The number of rotatable bonds is 4. The Morgan fingerprint density at radius 1 is 1.06 bits per heavy atom. The molecule has 2 aromatic rings. The van der Waals surface area contributed by atoms with Crippen molar-refractivity contribution in [1.82, 2.24) is 0 Å². The molecule has 0 unspecified atom stereocenters. The molecule has 2 rings (SSSR count). The van der Waals surface area contributed by atoms with Crippen LogP contribution in [0.2, 0.25) is 5.02 Å². The average Bonchev–Trinajstić information content (AvgIpc) is 2.31. The van der Waals surface area contributed by atoms with Crippen molar-refractivity contribution < 1.29 is 4.74 Å². The Hall–Kier alpha value is -0.990. The van der Waals surface area contributed by atoms with Crippen LogP contribution in [0.25, 0.3) is 0 Å². The summed E-state index contributed by atoms with van der Waals surface area (Å²) in [6.45, 7) is 2.68. The lowest BCUT2D eigenvalue weighted by molar-refractivity contribution is 0.340. The van der Waals surface area contributed by atoms with Crippen LogP contribution in [-0.4, -0.2) is 6.61 Å². The number of benzene rings is 2. The fraction of sp³-hybridized carbons (Fsp3) is 0.200. The average molecular weight is 326 g/mol. The normalized spacial score (nSPS) is 10.4. The van der Waals surface area contributed by atoms with Gasteiger partial charge in [0.15, 0.2) is 0 Å². The second-order valence-corrected chi connectivity index (χ2v) is 5.38. The molecule has 0 bridgehead atoms. The van der Waals surface area contributed by atoms with E-state index in [1.807, 2.05) is 31.2 Å². The van der Waals surface area contributed by atoms with Crippen LogP contribution < -0.4 is 4.74 Å². The van der Waals surface area contributed by atoms with Crippen LogP contribution in [0.15, 0.2) is 46.9 Å². The zero-order valence-electron chi connectivity index (χ0n) is 10.1. The predicted octanol–water partition coefficient (Wildman–Crippen LogP) is 5.09. The first kappa shape index (κ1) is 13.4. The summed E-state index contributed by atoms with van der Waals surface area (Å²) in [5.41, 5.74) is 2.44. The molecule has 0 atom stereocenters. The van der Waals surface area contributed by atoms with Gasteiger partial charge in [0.25, 0.3) is 0 Å². The van der Waals surface area contributed by atoms with Crippen LogP contribution in [-0.2, 0) is 6.42 Å². The molecule has 0 aliphatic heterocycles. The molecule has 0 spiro atoms. The molecule has 18 heavy (non-hydrogen) atoms.